The number of anilines is 2. The Bertz CT molecular complexity index is 927. The van der Waals surface area contributed by atoms with E-state index < -0.39 is 6.04 Å². The summed E-state index contributed by atoms with van der Waals surface area (Å²) in [6.45, 7) is 4.32. The first-order chi connectivity index (χ1) is 12.0. The summed E-state index contributed by atoms with van der Waals surface area (Å²) in [5.74, 6) is 0.616. The maximum Gasteiger partial charge on any atom is 0.323 e. The van der Waals surface area contributed by atoms with E-state index in [1.807, 2.05) is 31.2 Å². The van der Waals surface area contributed by atoms with E-state index in [0.717, 1.165) is 11.4 Å². The molecule has 0 spiro atoms. The molecule has 0 aliphatic rings. The standard InChI is InChI=1S/C18H20N4O3/c1-3-25-14-7-4-12(5-8-14)19-11(2)17(23)20-13-6-9-15-16(10-13)22-18(24)21-15/h4-11,19H,3H2,1-2H3,(H,20,23)(H2,21,22,24)/t11-/m0/s1. The zero-order valence-electron chi connectivity index (χ0n) is 14.1. The highest BCUT2D eigenvalue weighted by atomic mass is 16.5. The maximum atomic E-state index is 12.3. The van der Waals surface area contributed by atoms with Crippen LogP contribution in [0.1, 0.15) is 13.8 Å². The summed E-state index contributed by atoms with van der Waals surface area (Å²) >= 11 is 0. The second-order valence-corrected chi connectivity index (χ2v) is 5.65. The van der Waals surface area contributed by atoms with Crippen LogP contribution >= 0.6 is 0 Å². The highest BCUT2D eigenvalue weighted by molar-refractivity contribution is 5.97. The molecule has 1 atom stereocenters. The number of rotatable bonds is 6. The summed E-state index contributed by atoms with van der Waals surface area (Å²) in [6.07, 6.45) is 0. The van der Waals surface area contributed by atoms with Gasteiger partial charge >= 0.3 is 5.69 Å². The molecule has 0 aliphatic heterocycles. The van der Waals surface area contributed by atoms with Crippen molar-refractivity contribution in [3.05, 3.63) is 52.9 Å². The van der Waals surface area contributed by atoms with Crippen molar-refractivity contribution in [3.63, 3.8) is 0 Å². The Hall–Kier alpha value is -3.22. The molecule has 7 nitrogen and oxygen atoms in total. The Morgan fingerprint density at radius 1 is 1.08 bits per heavy atom. The zero-order valence-corrected chi connectivity index (χ0v) is 14.1. The molecule has 25 heavy (non-hydrogen) atoms. The third kappa shape index (κ3) is 4.00. The number of amides is 1. The van der Waals surface area contributed by atoms with Crippen molar-refractivity contribution in [2.24, 2.45) is 0 Å². The topological polar surface area (TPSA) is 99.0 Å². The Morgan fingerprint density at radius 2 is 1.76 bits per heavy atom. The van der Waals surface area contributed by atoms with Gasteiger partial charge in [-0.05, 0) is 56.3 Å². The molecular weight excluding hydrogens is 320 g/mol. The number of imidazole rings is 1. The van der Waals surface area contributed by atoms with Gasteiger partial charge in [0.2, 0.25) is 5.91 Å². The Morgan fingerprint density at radius 3 is 2.48 bits per heavy atom. The molecule has 1 amide bonds. The number of fused-ring (bicyclic) bond motifs is 1. The molecule has 0 aliphatic carbocycles. The number of carbonyl (C=O) groups is 1. The normalized spacial score (nSPS) is 11.9. The average Bonchev–Trinajstić information content (AvgIpc) is 2.96. The second kappa shape index (κ2) is 7.12. The Kier molecular flexibility index (Phi) is 4.74. The SMILES string of the molecule is CCOc1ccc(N[C@@H](C)C(=O)Nc2ccc3[nH]c(=O)[nH]c3c2)cc1. The number of hydrogen-bond acceptors (Lipinski definition) is 4. The predicted octanol–water partition coefficient (Wildman–Crippen LogP) is 2.69. The van der Waals surface area contributed by atoms with Crippen molar-refractivity contribution in [2.75, 3.05) is 17.2 Å². The number of aromatic amines is 2. The van der Waals surface area contributed by atoms with Crippen molar-refractivity contribution < 1.29 is 9.53 Å². The maximum absolute atomic E-state index is 12.3. The van der Waals surface area contributed by atoms with Gasteiger partial charge in [0.1, 0.15) is 11.8 Å². The molecule has 1 aromatic heterocycles. The fraction of sp³-hybridized carbons (Fsp3) is 0.222. The van der Waals surface area contributed by atoms with Crippen molar-refractivity contribution >= 4 is 28.3 Å². The number of aromatic nitrogens is 2. The van der Waals surface area contributed by atoms with Gasteiger partial charge in [-0.15, -0.1) is 0 Å². The molecule has 3 aromatic rings. The zero-order chi connectivity index (χ0) is 17.8. The average molecular weight is 340 g/mol. The highest BCUT2D eigenvalue weighted by Crippen LogP contribution is 2.18. The first-order valence-corrected chi connectivity index (χ1v) is 8.07. The van der Waals surface area contributed by atoms with E-state index in [0.29, 0.717) is 23.3 Å². The molecule has 0 bridgehead atoms. The minimum Gasteiger partial charge on any atom is -0.494 e. The molecule has 0 fully saturated rings. The lowest BCUT2D eigenvalue weighted by Gasteiger charge is -2.15. The first kappa shape index (κ1) is 16.6. The van der Waals surface area contributed by atoms with Gasteiger partial charge in [0.05, 0.1) is 17.6 Å². The van der Waals surface area contributed by atoms with Crippen LogP contribution in [0.2, 0.25) is 0 Å². The molecule has 0 unspecified atom stereocenters. The number of carbonyl (C=O) groups excluding carboxylic acids is 1. The van der Waals surface area contributed by atoms with Gasteiger partial charge in [0, 0.05) is 11.4 Å². The van der Waals surface area contributed by atoms with Gasteiger partial charge < -0.3 is 25.3 Å². The molecule has 0 saturated heterocycles. The fourth-order valence-corrected chi connectivity index (χ4v) is 2.49. The highest BCUT2D eigenvalue weighted by Gasteiger charge is 2.13. The summed E-state index contributed by atoms with van der Waals surface area (Å²) in [7, 11) is 0. The third-order valence-electron chi connectivity index (χ3n) is 3.73. The van der Waals surface area contributed by atoms with E-state index in [2.05, 4.69) is 20.6 Å². The van der Waals surface area contributed by atoms with Gasteiger partial charge in [-0.1, -0.05) is 0 Å². The molecule has 7 heteroatoms. The second-order valence-electron chi connectivity index (χ2n) is 5.65. The summed E-state index contributed by atoms with van der Waals surface area (Å²) in [4.78, 5) is 29.0. The van der Waals surface area contributed by atoms with Gasteiger partial charge in [-0.25, -0.2) is 4.79 Å². The number of H-pyrrole nitrogens is 2. The van der Waals surface area contributed by atoms with Gasteiger partial charge in [0.15, 0.2) is 0 Å². The lowest BCUT2D eigenvalue weighted by molar-refractivity contribution is -0.116. The quantitative estimate of drug-likeness (QED) is 0.554. The van der Waals surface area contributed by atoms with Gasteiger partial charge in [-0.3, -0.25) is 4.79 Å². The van der Waals surface area contributed by atoms with Crippen molar-refractivity contribution in [2.45, 2.75) is 19.9 Å². The smallest absolute Gasteiger partial charge is 0.323 e. The first-order valence-electron chi connectivity index (χ1n) is 8.07. The third-order valence-corrected chi connectivity index (χ3v) is 3.73. The molecular formula is C18H20N4O3. The van der Waals surface area contributed by atoms with Crippen LogP contribution in [0.15, 0.2) is 47.3 Å². The van der Waals surface area contributed by atoms with Crippen LogP contribution in [0.3, 0.4) is 0 Å². The van der Waals surface area contributed by atoms with Crippen LogP contribution in [0.4, 0.5) is 11.4 Å². The van der Waals surface area contributed by atoms with Crippen LogP contribution in [-0.2, 0) is 4.79 Å². The summed E-state index contributed by atoms with van der Waals surface area (Å²) < 4.78 is 5.39. The van der Waals surface area contributed by atoms with Crippen LogP contribution in [0, 0.1) is 0 Å². The molecule has 2 aromatic carbocycles. The van der Waals surface area contributed by atoms with Crippen molar-refractivity contribution in [3.8, 4) is 5.75 Å². The largest absolute Gasteiger partial charge is 0.494 e. The number of nitrogens with one attached hydrogen (secondary N) is 4. The lowest BCUT2D eigenvalue weighted by Crippen LogP contribution is -2.31. The Balaban J connectivity index is 1.63. The predicted molar refractivity (Wildman–Crippen MR) is 98.2 cm³/mol. The monoisotopic (exact) mass is 340 g/mol. The van der Waals surface area contributed by atoms with E-state index in [4.69, 9.17) is 4.74 Å². The minimum atomic E-state index is -0.432. The Labute approximate surface area is 144 Å². The van der Waals surface area contributed by atoms with E-state index >= 15 is 0 Å². The van der Waals surface area contributed by atoms with Crippen LogP contribution in [0.25, 0.3) is 11.0 Å². The lowest BCUT2D eigenvalue weighted by atomic mass is 10.2. The molecule has 1 heterocycles. The molecule has 0 radical (unpaired) electrons. The molecule has 3 rings (SSSR count). The molecule has 130 valence electrons. The van der Waals surface area contributed by atoms with E-state index in [-0.39, 0.29) is 11.6 Å². The number of hydrogen-bond donors (Lipinski definition) is 4. The van der Waals surface area contributed by atoms with Crippen molar-refractivity contribution in [1.29, 1.82) is 0 Å². The van der Waals surface area contributed by atoms with Gasteiger partial charge in [0.25, 0.3) is 0 Å². The molecule has 4 N–H and O–H groups in total. The molecule has 0 saturated carbocycles. The number of ether oxygens (including phenoxy) is 1. The van der Waals surface area contributed by atoms with Crippen molar-refractivity contribution in [1.82, 2.24) is 9.97 Å². The summed E-state index contributed by atoms with van der Waals surface area (Å²) in [5, 5.41) is 5.97. The number of benzene rings is 2. The minimum absolute atomic E-state index is 0.175. The van der Waals surface area contributed by atoms with Crippen LogP contribution in [-0.4, -0.2) is 28.5 Å². The van der Waals surface area contributed by atoms with E-state index in [1.54, 1.807) is 25.1 Å². The van der Waals surface area contributed by atoms with E-state index in [9.17, 15) is 9.59 Å². The fourth-order valence-electron chi connectivity index (χ4n) is 2.49. The van der Waals surface area contributed by atoms with E-state index in [1.165, 1.54) is 0 Å². The van der Waals surface area contributed by atoms with Gasteiger partial charge in [-0.2, -0.15) is 0 Å². The summed E-state index contributed by atoms with van der Waals surface area (Å²) in [5.41, 5.74) is 2.52. The van der Waals surface area contributed by atoms with Crippen LogP contribution in [0.5, 0.6) is 5.75 Å². The van der Waals surface area contributed by atoms with Crippen LogP contribution < -0.4 is 21.1 Å². The summed E-state index contributed by atoms with van der Waals surface area (Å²) in [6, 6.07) is 12.2.